The average molecular weight is 302 g/mol. The van der Waals surface area contributed by atoms with Crippen molar-refractivity contribution < 1.29 is 0 Å². The van der Waals surface area contributed by atoms with Gasteiger partial charge >= 0.3 is 6.00 Å². The van der Waals surface area contributed by atoms with Crippen LogP contribution < -0.4 is 5.19 Å². The van der Waals surface area contributed by atoms with Gasteiger partial charge in [0.2, 0.25) is 0 Å². The van der Waals surface area contributed by atoms with Crippen LogP contribution in [0.25, 0.3) is 0 Å². The molecule has 0 amide bonds. The maximum Gasteiger partial charge on any atom is 0.373 e. The molecular formula is C13H11Cl3Si. The topological polar surface area (TPSA) is 0 Å². The molecule has 0 nitrogen and oxygen atoms in total. The Balaban J connectivity index is 2.34. The van der Waals surface area contributed by atoms with E-state index in [0.717, 1.165) is 17.2 Å². The van der Waals surface area contributed by atoms with E-state index in [1.54, 1.807) is 0 Å². The van der Waals surface area contributed by atoms with Gasteiger partial charge in [-0.25, -0.2) is 0 Å². The van der Waals surface area contributed by atoms with E-state index in [2.05, 4.69) is 12.1 Å². The van der Waals surface area contributed by atoms with Crippen LogP contribution in [0.2, 0.25) is 0 Å². The first-order chi connectivity index (χ1) is 8.07. The molecule has 0 aliphatic heterocycles. The smallest absolute Gasteiger partial charge is 0.121 e. The highest BCUT2D eigenvalue weighted by atomic mass is 35.8. The molecule has 0 atom stereocenters. The van der Waals surface area contributed by atoms with Crippen LogP contribution in [0.1, 0.15) is 11.1 Å². The summed E-state index contributed by atoms with van der Waals surface area (Å²) in [7, 11) is 0. The first kappa shape index (κ1) is 13.0. The molecule has 0 fully saturated rings. The second kappa shape index (κ2) is 5.45. The predicted molar refractivity (Wildman–Crippen MR) is 78.6 cm³/mol. The molecule has 0 N–H and O–H groups in total. The zero-order valence-electron chi connectivity index (χ0n) is 9.04. The molecule has 0 unspecified atom stereocenters. The van der Waals surface area contributed by atoms with E-state index in [-0.39, 0.29) is 0 Å². The maximum absolute atomic E-state index is 6.10. The van der Waals surface area contributed by atoms with Gasteiger partial charge in [-0.1, -0.05) is 54.6 Å². The first-order valence-corrected chi connectivity index (χ1v) is 10.3. The SMILES string of the molecule is Cl[Si](Cl)(Cl)c1ccccc1Cc1ccccc1. The van der Waals surface area contributed by atoms with Gasteiger partial charge in [-0.3, -0.25) is 0 Å². The minimum absolute atomic E-state index is 0.803. The summed E-state index contributed by atoms with van der Waals surface area (Å²) in [6, 6.07) is 15.2. The summed E-state index contributed by atoms with van der Waals surface area (Å²) < 4.78 is 0. The second-order valence-corrected chi connectivity index (χ2v) is 12.2. The Morgan fingerprint density at radius 1 is 0.765 bits per heavy atom. The summed E-state index contributed by atoms with van der Waals surface area (Å²) >= 11 is 18.3. The third-order valence-electron chi connectivity index (χ3n) is 2.56. The summed E-state index contributed by atoms with van der Waals surface area (Å²) in [5.74, 6) is 0. The minimum Gasteiger partial charge on any atom is -0.121 e. The van der Waals surface area contributed by atoms with Crippen molar-refractivity contribution >= 4 is 44.4 Å². The van der Waals surface area contributed by atoms with E-state index >= 15 is 0 Å². The van der Waals surface area contributed by atoms with Crippen molar-refractivity contribution in [3.63, 3.8) is 0 Å². The normalized spacial score (nSPS) is 11.5. The first-order valence-electron chi connectivity index (χ1n) is 5.26. The number of rotatable bonds is 3. The highest BCUT2D eigenvalue weighted by molar-refractivity contribution is 7.69. The van der Waals surface area contributed by atoms with E-state index in [4.69, 9.17) is 33.2 Å². The van der Waals surface area contributed by atoms with Crippen LogP contribution in [-0.2, 0) is 6.42 Å². The Hall–Kier alpha value is -0.473. The van der Waals surface area contributed by atoms with Gasteiger partial charge in [0.25, 0.3) is 0 Å². The van der Waals surface area contributed by atoms with Crippen LogP contribution in [0.15, 0.2) is 54.6 Å². The lowest BCUT2D eigenvalue weighted by atomic mass is 10.1. The molecule has 88 valence electrons. The summed E-state index contributed by atoms with van der Waals surface area (Å²) in [6.45, 7) is 0. The minimum atomic E-state index is -2.82. The van der Waals surface area contributed by atoms with E-state index in [1.165, 1.54) is 5.56 Å². The molecule has 2 aromatic carbocycles. The molecule has 0 saturated carbocycles. The van der Waals surface area contributed by atoms with E-state index in [9.17, 15) is 0 Å². The monoisotopic (exact) mass is 300 g/mol. The summed E-state index contributed by atoms with van der Waals surface area (Å²) in [6.07, 6.45) is 0.803. The maximum atomic E-state index is 6.10. The third kappa shape index (κ3) is 3.49. The lowest BCUT2D eigenvalue weighted by Crippen LogP contribution is -2.33. The molecule has 17 heavy (non-hydrogen) atoms. The molecule has 0 aromatic heterocycles. The Morgan fingerprint density at radius 2 is 1.35 bits per heavy atom. The van der Waals surface area contributed by atoms with Gasteiger partial charge in [0, 0.05) is 0 Å². The molecule has 0 aliphatic carbocycles. The van der Waals surface area contributed by atoms with Crippen molar-refractivity contribution in [2.24, 2.45) is 0 Å². The molecule has 0 heterocycles. The Bertz CT molecular complexity index is 492. The van der Waals surface area contributed by atoms with Crippen LogP contribution >= 0.6 is 33.2 Å². The number of hydrogen-bond acceptors (Lipinski definition) is 0. The van der Waals surface area contributed by atoms with E-state index < -0.39 is 6.00 Å². The standard InChI is InChI=1S/C13H11Cl3Si/c14-17(15,16)13-9-5-4-8-12(13)10-11-6-2-1-3-7-11/h1-9H,10H2. The quantitative estimate of drug-likeness (QED) is 0.590. The fraction of sp³-hybridized carbons (Fsp3) is 0.0769. The second-order valence-electron chi connectivity index (χ2n) is 3.82. The molecule has 2 aromatic rings. The predicted octanol–water partition coefficient (Wildman–Crippen LogP) is 4.14. The van der Waals surface area contributed by atoms with Gasteiger partial charge in [0.1, 0.15) is 0 Å². The Kier molecular flexibility index (Phi) is 4.16. The van der Waals surface area contributed by atoms with E-state index in [1.807, 2.05) is 42.5 Å². The highest BCUT2D eigenvalue weighted by Gasteiger charge is 2.30. The van der Waals surface area contributed by atoms with Crippen molar-refractivity contribution in [2.45, 2.75) is 6.42 Å². The van der Waals surface area contributed by atoms with Crippen LogP contribution in [0, 0.1) is 0 Å². The lowest BCUT2D eigenvalue weighted by molar-refractivity contribution is 1.21. The van der Waals surface area contributed by atoms with Crippen LogP contribution in [0.4, 0.5) is 0 Å². The van der Waals surface area contributed by atoms with Crippen molar-refractivity contribution in [3.8, 4) is 0 Å². The zero-order valence-corrected chi connectivity index (χ0v) is 12.3. The molecule has 0 bridgehead atoms. The highest BCUT2D eigenvalue weighted by Crippen LogP contribution is 2.22. The van der Waals surface area contributed by atoms with Gasteiger partial charge in [0.05, 0.1) is 0 Å². The van der Waals surface area contributed by atoms with Crippen LogP contribution in [0.3, 0.4) is 0 Å². The van der Waals surface area contributed by atoms with Gasteiger partial charge in [-0.2, -0.15) is 0 Å². The third-order valence-corrected chi connectivity index (χ3v) is 5.49. The molecule has 0 spiro atoms. The fourth-order valence-corrected chi connectivity index (χ4v) is 4.25. The summed E-state index contributed by atoms with van der Waals surface area (Å²) in [4.78, 5) is 0. The fourth-order valence-electron chi connectivity index (χ4n) is 1.77. The molecule has 0 aliphatic rings. The van der Waals surface area contributed by atoms with E-state index in [0.29, 0.717) is 0 Å². The number of halogens is 3. The zero-order chi connectivity index (χ0) is 12.3. The largest absolute Gasteiger partial charge is 0.373 e. The van der Waals surface area contributed by atoms with Gasteiger partial charge in [0.15, 0.2) is 0 Å². The molecule has 0 radical (unpaired) electrons. The Morgan fingerprint density at radius 3 is 2.00 bits per heavy atom. The van der Waals surface area contributed by atoms with Crippen molar-refractivity contribution in [1.82, 2.24) is 0 Å². The molecule has 4 heteroatoms. The van der Waals surface area contributed by atoms with Crippen LogP contribution in [0.5, 0.6) is 0 Å². The molecule has 0 saturated heterocycles. The summed E-state index contributed by atoms with van der Waals surface area (Å²) in [5.41, 5.74) is 2.33. The average Bonchev–Trinajstić information content (AvgIpc) is 2.30. The van der Waals surface area contributed by atoms with Gasteiger partial charge in [-0.15, -0.1) is 33.2 Å². The van der Waals surface area contributed by atoms with Crippen molar-refractivity contribution in [3.05, 3.63) is 65.7 Å². The number of benzene rings is 2. The molecule has 2 rings (SSSR count). The lowest BCUT2D eigenvalue weighted by Gasteiger charge is -2.14. The molecular weight excluding hydrogens is 291 g/mol. The summed E-state index contributed by atoms with van der Waals surface area (Å²) in [5, 5.41) is 0.883. The Labute approximate surface area is 116 Å². The van der Waals surface area contributed by atoms with Gasteiger partial charge < -0.3 is 0 Å². The van der Waals surface area contributed by atoms with Crippen LogP contribution in [-0.4, -0.2) is 6.00 Å². The van der Waals surface area contributed by atoms with Gasteiger partial charge in [-0.05, 0) is 22.7 Å². The van der Waals surface area contributed by atoms with Crippen molar-refractivity contribution in [1.29, 1.82) is 0 Å². The van der Waals surface area contributed by atoms with Crippen molar-refractivity contribution in [2.75, 3.05) is 0 Å². The number of hydrogen-bond donors (Lipinski definition) is 0.